The van der Waals surface area contributed by atoms with Gasteiger partial charge in [-0.05, 0) is 49.9 Å². The molecule has 0 aliphatic heterocycles. The molecule has 118 valence electrons. The van der Waals surface area contributed by atoms with Gasteiger partial charge in [0.25, 0.3) is 5.91 Å². The molecule has 1 N–H and O–H groups in total. The van der Waals surface area contributed by atoms with E-state index >= 15 is 0 Å². The quantitative estimate of drug-likeness (QED) is 0.748. The van der Waals surface area contributed by atoms with E-state index in [1.54, 1.807) is 11.8 Å². The molecule has 5 nitrogen and oxygen atoms in total. The zero-order chi connectivity index (χ0) is 16.4. The largest absolute Gasteiger partial charge is 0.342 e. The number of amides is 1. The summed E-state index contributed by atoms with van der Waals surface area (Å²) in [5.41, 5.74) is 2.42. The Morgan fingerprint density at radius 2 is 2.09 bits per heavy atom. The van der Waals surface area contributed by atoms with Crippen molar-refractivity contribution in [3.05, 3.63) is 59.5 Å². The standard InChI is InChI=1S/C17H18N4OS/c1-11-7-8-13(23-3)10-14(11)17(22)18-12(2)16-20-19-15-6-4-5-9-21(15)16/h4-10,12H,1-3H3,(H,18,22). The Bertz CT molecular complexity index is 859. The van der Waals surface area contributed by atoms with Gasteiger partial charge in [-0.15, -0.1) is 22.0 Å². The lowest BCUT2D eigenvalue weighted by Gasteiger charge is -2.14. The summed E-state index contributed by atoms with van der Waals surface area (Å²) < 4.78 is 1.89. The number of carbonyl (C=O) groups excluding carboxylic acids is 1. The highest BCUT2D eigenvalue weighted by Gasteiger charge is 2.18. The number of rotatable bonds is 4. The van der Waals surface area contributed by atoms with Crippen LogP contribution >= 0.6 is 11.8 Å². The van der Waals surface area contributed by atoms with Crippen LogP contribution in [-0.2, 0) is 0 Å². The molecule has 0 fully saturated rings. The molecule has 6 heteroatoms. The summed E-state index contributed by atoms with van der Waals surface area (Å²) in [7, 11) is 0. The van der Waals surface area contributed by atoms with Gasteiger partial charge in [0.2, 0.25) is 0 Å². The molecular formula is C17H18N4OS. The zero-order valence-corrected chi connectivity index (χ0v) is 14.1. The summed E-state index contributed by atoms with van der Waals surface area (Å²) in [5, 5.41) is 11.3. The van der Waals surface area contributed by atoms with Crippen molar-refractivity contribution in [3.8, 4) is 0 Å². The van der Waals surface area contributed by atoms with Crippen LogP contribution in [0.3, 0.4) is 0 Å². The monoisotopic (exact) mass is 326 g/mol. The molecule has 1 aromatic carbocycles. The second-order valence-electron chi connectivity index (χ2n) is 5.36. The van der Waals surface area contributed by atoms with Gasteiger partial charge >= 0.3 is 0 Å². The highest BCUT2D eigenvalue weighted by Crippen LogP contribution is 2.20. The van der Waals surface area contributed by atoms with Crippen LogP contribution in [0, 0.1) is 6.92 Å². The number of nitrogens with zero attached hydrogens (tertiary/aromatic N) is 3. The molecule has 1 amide bonds. The van der Waals surface area contributed by atoms with Crippen molar-refractivity contribution in [1.82, 2.24) is 19.9 Å². The molecule has 0 saturated carbocycles. The van der Waals surface area contributed by atoms with Gasteiger partial charge in [-0.2, -0.15) is 0 Å². The van der Waals surface area contributed by atoms with Gasteiger partial charge in [0.1, 0.15) is 0 Å². The molecule has 0 aliphatic rings. The van der Waals surface area contributed by atoms with E-state index in [4.69, 9.17) is 0 Å². The van der Waals surface area contributed by atoms with Crippen LogP contribution in [0.4, 0.5) is 0 Å². The van der Waals surface area contributed by atoms with Crippen molar-refractivity contribution >= 4 is 23.3 Å². The van der Waals surface area contributed by atoms with Crippen molar-refractivity contribution < 1.29 is 4.79 Å². The Morgan fingerprint density at radius 3 is 2.87 bits per heavy atom. The van der Waals surface area contributed by atoms with Crippen molar-refractivity contribution in [1.29, 1.82) is 0 Å². The first-order valence-corrected chi connectivity index (χ1v) is 8.58. The van der Waals surface area contributed by atoms with Gasteiger partial charge in [-0.3, -0.25) is 9.20 Å². The van der Waals surface area contributed by atoms with E-state index in [-0.39, 0.29) is 11.9 Å². The van der Waals surface area contributed by atoms with Crippen molar-refractivity contribution in [2.24, 2.45) is 0 Å². The van der Waals surface area contributed by atoms with E-state index in [0.717, 1.165) is 16.1 Å². The van der Waals surface area contributed by atoms with Gasteiger partial charge < -0.3 is 5.32 Å². The topological polar surface area (TPSA) is 59.3 Å². The number of aromatic nitrogens is 3. The number of benzene rings is 1. The third-order valence-corrected chi connectivity index (χ3v) is 4.49. The lowest BCUT2D eigenvalue weighted by Crippen LogP contribution is -2.28. The number of carbonyl (C=O) groups is 1. The van der Waals surface area contributed by atoms with Crippen LogP contribution in [0.1, 0.15) is 34.7 Å². The number of pyridine rings is 1. The van der Waals surface area contributed by atoms with Crippen LogP contribution in [0.2, 0.25) is 0 Å². The molecule has 2 heterocycles. The van der Waals surface area contributed by atoms with Crippen molar-refractivity contribution in [2.45, 2.75) is 24.8 Å². The van der Waals surface area contributed by atoms with Gasteiger partial charge in [0.15, 0.2) is 11.5 Å². The average molecular weight is 326 g/mol. The van der Waals surface area contributed by atoms with Gasteiger partial charge in [-0.25, -0.2) is 0 Å². The normalized spacial score (nSPS) is 12.3. The summed E-state index contributed by atoms with van der Waals surface area (Å²) in [6.45, 7) is 3.85. The summed E-state index contributed by atoms with van der Waals surface area (Å²) in [5.74, 6) is 0.617. The molecule has 0 spiro atoms. The smallest absolute Gasteiger partial charge is 0.252 e. The zero-order valence-electron chi connectivity index (χ0n) is 13.3. The lowest BCUT2D eigenvalue weighted by molar-refractivity contribution is 0.0937. The maximum Gasteiger partial charge on any atom is 0.252 e. The molecule has 0 bridgehead atoms. The number of hydrogen-bond acceptors (Lipinski definition) is 4. The number of thioether (sulfide) groups is 1. The SMILES string of the molecule is CSc1ccc(C)c(C(=O)NC(C)c2nnc3ccccn23)c1. The Labute approximate surface area is 139 Å². The number of nitrogens with one attached hydrogen (secondary N) is 1. The Kier molecular flexibility index (Phi) is 4.34. The van der Waals surface area contributed by atoms with Crippen LogP contribution in [-0.4, -0.2) is 26.8 Å². The molecular weight excluding hydrogens is 308 g/mol. The predicted octanol–water partition coefficient (Wildman–Crippen LogP) is 3.25. The Balaban J connectivity index is 1.85. The van der Waals surface area contributed by atoms with E-state index < -0.39 is 0 Å². The van der Waals surface area contributed by atoms with Gasteiger partial charge in [-0.1, -0.05) is 12.1 Å². The fraction of sp³-hybridized carbons (Fsp3) is 0.235. The molecule has 3 aromatic rings. The fourth-order valence-electron chi connectivity index (χ4n) is 2.47. The second-order valence-corrected chi connectivity index (χ2v) is 6.24. The highest BCUT2D eigenvalue weighted by molar-refractivity contribution is 7.98. The first kappa shape index (κ1) is 15.6. The van der Waals surface area contributed by atoms with Crippen LogP contribution < -0.4 is 5.32 Å². The third kappa shape index (κ3) is 3.07. The molecule has 2 aromatic heterocycles. The molecule has 1 atom stereocenters. The first-order valence-electron chi connectivity index (χ1n) is 7.35. The molecule has 0 radical (unpaired) electrons. The molecule has 0 aliphatic carbocycles. The molecule has 3 rings (SSSR count). The predicted molar refractivity (Wildman–Crippen MR) is 91.8 cm³/mol. The average Bonchev–Trinajstić information content (AvgIpc) is 2.99. The van der Waals surface area contributed by atoms with Crippen LogP contribution in [0.25, 0.3) is 5.65 Å². The Hall–Kier alpha value is -2.34. The summed E-state index contributed by atoms with van der Waals surface area (Å²) in [6, 6.07) is 11.4. The number of aryl methyl sites for hydroxylation is 1. The first-order chi connectivity index (χ1) is 11.1. The van der Waals surface area contributed by atoms with Crippen molar-refractivity contribution in [2.75, 3.05) is 6.26 Å². The number of fused-ring (bicyclic) bond motifs is 1. The van der Waals surface area contributed by atoms with E-state index in [0.29, 0.717) is 11.4 Å². The third-order valence-electron chi connectivity index (χ3n) is 3.76. The minimum atomic E-state index is -0.239. The van der Waals surface area contributed by atoms with Crippen LogP contribution in [0.5, 0.6) is 0 Å². The number of hydrogen-bond donors (Lipinski definition) is 1. The van der Waals surface area contributed by atoms with Gasteiger partial charge in [0, 0.05) is 16.7 Å². The summed E-state index contributed by atoms with van der Waals surface area (Å²) in [6.07, 6.45) is 3.89. The lowest BCUT2D eigenvalue weighted by atomic mass is 10.1. The van der Waals surface area contributed by atoms with Crippen molar-refractivity contribution in [3.63, 3.8) is 0 Å². The highest BCUT2D eigenvalue weighted by atomic mass is 32.2. The van der Waals surface area contributed by atoms with E-state index in [9.17, 15) is 4.79 Å². The maximum absolute atomic E-state index is 12.6. The fourth-order valence-corrected chi connectivity index (χ4v) is 2.91. The molecule has 1 unspecified atom stereocenters. The second kappa shape index (κ2) is 6.42. The Morgan fingerprint density at radius 1 is 1.26 bits per heavy atom. The van der Waals surface area contributed by atoms with Crippen LogP contribution in [0.15, 0.2) is 47.5 Å². The maximum atomic E-state index is 12.6. The summed E-state index contributed by atoms with van der Waals surface area (Å²) in [4.78, 5) is 13.7. The van der Waals surface area contributed by atoms with Gasteiger partial charge in [0.05, 0.1) is 6.04 Å². The minimum Gasteiger partial charge on any atom is -0.342 e. The minimum absolute atomic E-state index is 0.0985. The van der Waals surface area contributed by atoms with E-state index in [2.05, 4.69) is 15.5 Å². The molecule has 0 saturated heterocycles. The van der Waals surface area contributed by atoms with E-state index in [1.807, 2.05) is 67.1 Å². The summed E-state index contributed by atoms with van der Waals surface area (Å²) >= 11 is 1.62. The molecule has 23 heavy (non-hydrogen) atoms. The van der Waals surface area contributed by atoms with E-state index in [1.165, 1.54) is 0 Å².